The molecule has 0 bridgehead atoms. The predicted octanol–water partition coefficient (Wildman–Crippen LogP) is 0.897. The number of aromatic nitrogens is 3. The maximum absolute atomic E-state index is 12.3. The number of rotatable bonds is 2. The van der Waals surface area contributed by atoms with Crippen molar-refractivity contribution in [2.45, 2.75) is 6.92 Å². The van der Waals surface area contributed by atoms with Crippen LogP contribution >= 0.6 is 0 Å². The molecule has 0 aliphatic carbocycles. The molecule has 0 radical (unpaired) electrons. The van der Waals surface area contributed by atoms with Gasteiger partial charge in [-0.05, 0) is 13.0 Å². The van der Waals surface area contributed by atoms with Crippen molar-refractivity contribution in [1.29, 1.82) is 0 Å². The van der Waals surface area contributed by atoms with Gasteiger partial charge in [0.25, 0.3) is 5.91 Å². The van der Waals surface area contributed by atoms with Crippen molar-refractivity contribution >= 4 is 17.3 Å². The fourth-order valence-electron chi connectivity index (χ4n) is 2.03. The Kier molecular flexibility index (Phi) is 2.40. The highest BCUT2D eigenvalue weighted by atomic mass is 16.2. The fourth-order valence-corrected chi connectivity index (χ4v) is 2.03. The van der Waals surface area contributed by atoms with Gasteiger partial charge in [0, 0.05) is 12.1 Å². The summed E-state index contributed by atoms with van der Waals surface area (Å²) in [7, 11) is 0. The van der Waals surface area contributed by atoms with Gasteiger partial charge < -0.3 is 4.90 Å². The number of hydrogen-bond acceptors (Lipinski definition) is 4. The molecular weight excluding hydrogens is 230 g/mol. The summed E-state index contributed by atoms with van der Waals surface area (Å²) in [5.41, 5.74) is 2.17. The zero-order valence-electron chi connectivity index (χ0n) is 9.82. The van der Waals surface area contributed by atoms with Crippen LogP contribution in [0.3, 0.4) is 0 Å². The third-order valence-electron chi connectivity index (χ3n) is 2.84. The first-order chi connectivity index (χ1) is 8.81. The topological polar surface area (TPSA) is 63.4 Å². The normalized spacial score (nSPS) is 16.4. The van der Waals surface area contributed by atoms with Crippen LogP contribution in [0.15, 0.2) is 42.0 Å². The molecule has 0 N–H and O–H groups in total. The van der Waals surface area contributed by atoms with Crippen molar-refractivity contribution in [3.8, 4) is 0 Å². The van der Waals surface area contributed by atoms with Crippen molar-refractivity contribution in [1.82, 2.24) is 14.9 Å². The predicted molar refractivity (Wildman–Crippen MR) is 66.4 cm³/mol. The standard InChI is InChI=1S/C12H11N5O/c1-2-17-10-6-4-3-5-9(10)11(12(17)18)15-16-7-13-14-8-16/h3-8H,2H2,1H3/b15-11-. The summed E-state index contributed by atoms with van der Waals surface area (Å²) in [5.74, 6) is -0.0904. The molecule has 0 atom stereocenters. The van der Waals surface area contributed by atoms with Crippen molar-refractivity contribution in [3.63, 3.8) is 0 Å². The molecule has 1 aliphatic rings. The lowest BCUT2D eigenvalue weighted by atomic mass is 10.1. The van der Waals surface area contributed by atoms with E-state index in [4.69, 9.17) is 0 Å². The number of anilines is 1. The minimum atomic E-state index is -0.0904. The quantitative estimate of drug-likeness (QED) is 0.784. The van der Waals surface area contributed by atoms with Crippen LogP contribution in [0.5, 0.6) is 0 Å². The van der Waals surface area contributed by atoms with Crippen LogP contribution < -0.4 is 4.90 Å². The number of benzene rings is 1. The highest BCUT2D eigenvalue weighted by Crippen LogP contribution is 2.28. The van der Waals surface area contributed by atoms with Crippen LogP contribution in [0.2, 0.25) is 0 Å². The van der Waals surface area contributed by atoms with Crippen molar-refractivity contribution in [3.05, 3.63) is 42.5 Å². The second-order valence-corrected chi connectivity index (χ2v) is 3.86. The summed E-state index contributed by atoms with van der Waals surface area (Å²) in [4.78, 5) is 14.0. The van der Waals surface area contributed by atoms with E-state index < -0.39 is 0 Å². The van der Waals surface area contributed by atoms with Gasteiger partial charge in [0.1, 0.15) is 12.7 Å². The molecule has 0 saturated carbocycles. The second kappa shape index (κ2) is 4.06. The molecule has 1 aromatic heterocycles. The summed E-state index contributed by atoms with van der Waals surface area (Å²) in [5, 5.41) is 11.6. The third-order valence-corrected chi connectivity index (χ3v) is 2.84. The molecule has 90 valence electrons. The van der Waals surface area contributed by atoms with Crippen LogP contribution in [0.25, 0.3) is 0 Å². The van der Waals surface area contributed by atoms with Crippen LogP contribution in [0.1, 0.15) is 12.5 Å². The average Bonchev–Trinajstić information content (AvgIpc) is 2.98. The number of hydrogen-bond donors (Lipinski definition) is 0. The molecule has 0 unspecified atom stereocenters. The Balaban J connectivity index is 2.14. The summed E-state index contributed by atoms with van der Waals surface area (Å²) in [6.45, 7) is 2.56. The number of carbonyl (C=O) groups excluding carboxylic acids is 1. The minimum Gasteiger partial charge on any atom is -0.307 e. The fraction of sp³-hybridized carbons (Fsp3) is 0.167. The largest absolute Gasteiger partial charge is 0.307 e. The first-order valence-corrected chi connectivity index (χ1v) is 5.66. The average molecular weight is 241 g/mol. The maximum Gasteiger partial charge on any atom is 0.279 e. The number of carbonyl (C=O) groups is 1. The number of para-hydroxylation sites is 1. The number of fused-ring (bicyclic) bond motifs is 1. The summed E-state index contributed by atoms with van der Waals surface area (Å²) >= 11 is 0. The van der Waals surface area contributed by atoms with Gasteiger partial charge in [0.15, 0.2) is 5.71 Å². The van der Waals surface area contributed by atoms with Gasteiger partial charge in [-0.3, -0.25) is 4.79 Å². The molecule has 0 spiro atoms. The van der Waals surface area contributed by atoms with Crippen LogP contribution in [0.4, 0.5) is 5.69 Å². The number of likely N-dealkylation sites (N-methyl/N-ethyl adjacent to an activating group) is 1. The van der Waals surface area contributed by atoms with Crippen molar-refractivity contribution in [2.75, 3.05) is 11.4 Å². The van der Waals surface area contributed by atoms with Crippen molar-refractivity contribution < 1.29 is 4.79 Å². The first-order valence-electron chi connectivity index (χ1n) is 5.66. The lowest BCUT2D eigenvalue weighted by Crippen LogP contribution is -2.30. The molecule has 0 fully saturated rings. The van der Waals surface area contributed by atoms with Gasteiger partial charge in [0.05, 0.1) is 5.69 Å². The zero-order chi connectivity index (χ0) is 12.5. The van der Waals surface area contributed by atoms with Gasteiger partial charge in [-0.15, -0.1) is 10.2 Å². The highest BCUT2D eigenvalue weighted by Gasteiger charge is 2.32. The van der Waals surface area contributed by atoms with Crippen LogP contribution in [0, 0.1) is 0 Å². The summed E-state index contributed by atoms with van der Waals surface area (Å²) < 4.78 is 1.43. The minimum absolute atomic E-state index is 0.0904. The first kappa shape index (κ1) is 10.6. The van der Waals surface area contributed by atoms with E-state index in [9.17, 15) is 4.79 Å². The summed E-state index contributed by atoms with van der Waals surface area (Å²) in [6.07, 6.45) is 2.91. The second-order valence-electron chi connectivity index (χ2n) is 3.86. The van der Waals surface area contributed by atoms with E-state index in [1.54, 1.807) is 4.90 Å². The molecule has 2 heterocycles. The van der Waals surface area contributed by atoms with Gasteiger partial charge in [-0.2, -0.15) is 5.10 Å². The van der Waals surface area contributed by atoms with E-state index in [2.05, 4.69) is 15.3 Å². The van der Waals surface area contributed by atoms with Gasteiger partial charge in [-0.1, -0.05) is 18.2 Å². The molecule has 2 aromatic rings. The third kappa shape index (κ3) is 1.50. The Bertz CT molecular complexity index is 617. The molecule has 18 heavy (non-hydrogen) atoms. The smallest absolute Gasteiger partial charge is 0.279 e. The molecule has 6 nitrogen and oxygen atoms in total. The molecule has 1 aromatic carbocycles. The Morgan fingerprint density at radius 1 is 1.22 bits per heavy atom. The van der Waals surface area contributed by atoms with E-state index >= 15 is 0 Å². The highest BCUT2D eigenvalue weighted by molar-refractivity contribution is 6.54. The van der Waals surface area contributed by atoms with E-state index in [1.807, 2.05) is 31.2 Å². The molecule has 3 rings (SSSR count). The van der Waals surface area contributed by atoms with Gasteiger partial charge in [-0.25, -0.2) is 4.68 Å². The van der Waals surface area contributed by atoms with Crippen molar-refractivity contribution in [2.24, 2.45) is 5.10 Å². The molecule has 1 aliphatic heterocycles. The lowest BCUT2D eigenvalue weighted by Gasteiger charge is -2.12. The lowest BCUT2D eigenvalue weighted by molar-refractivity contribution is -0.112. The Morgan fingerprint density at radius 2 is 1.94 bits per heavy atom. The summed E-state index contributed by atoms with van der Waals surface area (Å²) in [6, 6.07) is 7.63. The maximum atomic E-state index is 12.3. The Morgan fingerprint density at radius 3 is 2.67 bits per heavy atom. The van der Waals surface area contributed by atoms with Crippen LogP contribution in [-0.2, 0) is 4.79 Å². The molecule has 0 saturated heterocycles. The number of nitrogens with zero attached hydrogens (tertiary/aromatic N) is 5. The van der Waals surface area contributed by atoms with E-state index in [0.717, 1.165) is 11.3 Å². The Hall–Kier alpha value is -2.50. The van der Waals surface area contributed by atoms with Gasteiger partial charge >= 0.3 is 0 Å². The zero-order valence-corrected chi connectivity index (χ0v) is 9.82. The molecule has 6 heteroatoms. The van der Waals surface area contributed by atoms with E-state index in [-0.39, 0.29) is 5.91 Å². The molecule has 1 amide bonds. The van der Waals surface area contributed by atoms with Crippen LogP contribution in [-0.4, -0.2) is 33.0 Å². The van der Waals surface area contributed by atoms with E-state index in [1.165, 1.54) is 17.3 Å². The number of amides is 1. The Labute approximate surface area is 104 Å². The SMILES string of the molecule is CCN1C(=O)/C(=N\n2cnnc2)c2ccccc21. The van der Waals surface area contributed by atoms with E-state index in [0.29, 0.717) is 12.3 Å². The monoisotopic (exact) mass is 241 g/mol. The van der Waals surface area contributed by atoms with Gasteiger partial charge in [0.2, 0.25) is 0 Å². The molecular formula is C12H11N5O.